The molecule has 0 aromatic heterocycles. The van der Waals surface area contributed by atoms with Gasteiger partial charge in [-0.2, -0.15) is 13.2 Å². The molecule has 6 heteroatoms. The van der Waals surface area contributed by atoms with E-state index in [1.54, 1.807) is 0 Å². The van der Waals surface area contributed by atoms with Crippen LogP contribution in [0.4, 0.5) is 13.2 Å². The molecule has 0 aliphatic heterocycles. The fourth-order valence-electron chi connectivity index (χ4n) is 1.30. The molecule has 0 bridgehead atoms. The van der Waals surface area contributed by atoms with Crippen molar-refractivity contribution in [2.45, 2.75) is 25.1 Å². The second kappa shape index (κ2) is 4.22. The maximum Gasteiger partial charge on any atom is 0.401 e. The van der Waals surface area contributed by atoms with E-state index in [4.69, 9.17) is 5.11 Å². The van der Waals surface area contributed by atoms with Crippen molar-refractivity contribution in [1.29, 1.82) is 0 Å². The first-order valence-corrected chi connectivity index (χ1v) is 4.51. The standard InChI is InChI=1S/C9H12F3NO2/c1-6(8(14)15)4-13(7-2-3-7)5-9(10,11)12/h7H,1-5H2,(H,14,15). The Hall–Kier alpha value is -1.04. The number of aliphatic carboxylic acids is 1. The highest BCUT2D eigenvalue weighted by atomic mass is 19.4. The molecule has 0 heterocycles. The van der Waals surface area contributed by atoms with Gasteiger partial charge in [-0.15, -0.1) is 0 Å². The molecule has 1 saturated carbocycles. The lowest BCUT2D eigenvalue weighted by molar-refractivity contribution is -0.147. The van der Waals surface area contributed by atoms with Crippen LogP contribution < -0.4 is 0 Å². The lowest BCUT2D eigenvalue weighted by Gasteiger charge is -2.23. The van der Waals surface area contributed by atoms with E-state index in [0.717, 1.165) is 4.90 Å². The lowest BCUT2D eigenvalue weighted by Crippen LogP contribution is -2.38. The molecule has 15 heavy (non-hydrogen) atoms. The van der Waals surface area contributed by atoms with Gasteiger partial charge >= 0.3 is 12.1 Å². The SMILES string of the molecule is C=C(CN(CC(F)(F)F)C1CC1)C(=O)O. The third-order valence-corrected chi connectivity index (χ3v) is 2.14. The first-order chi connectivity index (χ1) is 6.79. The highest BCUT2D eigenvalue weighted by Gasteiger charge is 2.38. The minimum absolute atomic E-state index is 0.136. The van der Waals surface area contributed by atoms with E-state index >= 15 is 0 Å². The van der Waals surface area contributed by atoms with Gasteiger partial charge in [-0.1, -0.05) is 6.58 Å². The fourth-order valence-corrected chi connectivity index (χ4v) is 1.30. The number of alkyl halides is 3. The first-order valence-electron chi connectivity index (χ1n) is 4.51. The predicted molar refractivity (Wildman–Crippen MR) is 47.4 cm³/mol. The lowest BCUT2D eigenvalue weighted by atomic mass is 10.2. The average Bonchev–Trinajstić information content (AvgIpc) is 2.81. The van der Waals surface area contributed by atoms with E-state index in [0.29, 0.717) is 12.8 Å². The van der Waals surface area contributed by atoms with E-state index in [1.807, 2.05) is 0 Å². The van der Waals surface area contributed by atoms with Crippen LogP contribution in [0.2, 0.25) is 0 Å². The van der Waals surface area contributed by atoms with Gasteiger partial charge in [0.2, 0.25) is 0 Å². The number of hydrogen-bond acceptors (Lipinski definition) is 2. The summed E-state index contributed by atoms with van der Waals surface area (Å²) in [6.07, 6.45) is -2.90. The van der Waals surface area contributed by atoms with Crippen LogP contribution in [-0.4, -0.2) is 41.3 Å². The molecule has 3 nitrogen and oxygen atoms in total. The molecule has 0 saturated heterocycles. The Morgan fingerprint density at radius 1 is 1.47 bits per heavy atom. The van der Waals surface area contributed by atoms with Crippen molar-refractivity contribution in [2.75, 3.05) is 13.1 Å². The molecule has 86 valence electrons. The Bertz CT molecular complexity index is 271. The summed E-state index contributed by atoms with van der Waals surface area (Å²) < 4.78 is 36.4. The van der Waals surface area contributed by atoms with Crippen LogP contribution in [-0.2, 0) is 4.79 Å². The van der Waals surface area contributed by atoms with Crippen molar-refractivity contribution in [1.82, 2.24) is 4.90 Å². The average molecular weight is 223 g/mol. The third-order valence-electron chi connectivity index (χ3n) is 2.14. The zero-order chi connectivity index (χ0) is 11.6. The topological polar surface area (TPSA) is 40.5 Å². The molecule has 0 unspecified atom stereocenters. The molecule has 0 aromatic rings. The van der Waals surface area contributed by atoms with Gasteiger partial charge in [-0.25, -0.2) is 4.79 Å². The van der Waals surface area contributed by atoms with Gasteiger partial charge < -0.3 is 5.11 Å². The Morgan fingerprint density at radius 2 is 2.00 bits per heavy atom. The molecule has 1 N–H and O–H groups in total. The van der Waals surface area contributed by atoms with Crippen molar-refractivity contribution in [3.05, 3.63) is 12.2 Å². The predicted octanol–water partition coefficient (Wildman–Crippen LogP) is 1.65. The van der Waals surface area contributed by atoms with Gasteiger partial charge in [0.25, 0.3) is 0 Å². The molecule has 1 aliphatic rings. The van der Waals surface area contributed by atoms with Gasteiger partial charge in [-0.3, -0.25) is 4.90 Å². The minimum atomic E-state index is -4.29. The molecule has 1 aliphatic carbocycles. The summed E-state index contributed by atoms with van der Waals surface area (Å²) in [6, 6.07) is -0.136. The van der Waals surface area contributed by atoms with Gasteiger partial charge in [0.15, 0.2) is 0 Å². The molecule has 0 atom stereocenters. The Balaban J connectivity index is 2.51. The molecular formula is C9H12F3NO2. The maximum atomic E-state index is 12.1. The van der Waals surface area contributed by atoms with Gasteiger partial charge in [0, 0.05) is 18.2 Å². The number of halogens is 3. The van der Waals surface area contributed by atoms with Crippen molar-refractivity contribution in [2.24, 2.45) is 0 Å². The van der Waals surface area contributed by atoms with E-state index < -0.39 is 18.7 Å². The summed E-state index contributed by atoms with van der Waals surface area (Å²) >= 11 is 0. The van der Waals surface area contributed by atoms with Gasteiger partial charge in [-0.05, 0) is 12.8 Å². The van der Waals surface area contributed by atoms with Crippen LogP contribution in [0.25, 0.3) is 0 Å². The van der Waals surface area contributed by atoms with E-state index in [9.17, 15) is 18.0 Å². The number of carboxylic acid groups (broad SMARTS) is 1. The summed E-state index contributed by atoms with van der Waals surface area (Å²) in [5.74, 6) is -1.25. The third kappa shape index (κ3) is 4.33. The number of carboxylic acids is 1. The maximum absolute atomic E-state index is 12.1. The summed E-state index contributed by atoms with van der Waals surface area (Å²) in [7, 11) is 0. The summed E-state index contributed by atoms with van der Waals surface area (Å²) in [4.78, 5) is 11.6. The quantitative estimate of drug-likeness (QED) is 0.720. The summed E-state index contributed by atoms with van der Waals surface area (Å²) in [5, 5.41) is 8.52. The summed E-state index contributed by atoms with van der Waals surface area (Å²) in [5.41, 5.74) is -0.203. The van der Waals surface area contributed by atoms with Crippen LogP contribution in [0, 0.1) is 0 Å². The Labute approximate surface area is 85.2 Å². The fraction of sp³-hybridized carbons (Fsp3) is 0.667. The van der Waals surface area contributed by atoms with Crippen molar-refractivity contribution < 1.29 is 23.1 Å². The van der Waals surface area contributed by atoms with Gasteiger partial charge in [0.1, 0.15) is 0 Å². The zero-order valence-corrected chi connectivity index (χ0v) is 8.05. The molecule has 1 rings (SSSR count). The van der Waals surface area contributed by atoms with Crippen LogP contribution in [0.5, 0.6) is 0 Å². The second-order valence-electron chi connectivity index (χ2n) is 3.66. The second-order valence-corrected chi connectivity index (χ2v) is 3.66. The largest absolute Gasteiger partial charge is 0.478 e. The number of carbonyl (C=O) groups is 1. The van der Waals surface area contributed by atoms with Crippen LogP contribution in [0.3, 0.4) is 0 Å². The molecule has 0 spiro atoms. The van der Waals surface area contributed by atoms with Crippen molar-refractivity contribution in [3.63, 3.8) is 0 Å². The van der Waals surface area contributed by atoms with E-state index in [-0.39, 0.29) is 18.2 Å². The van der Waals surface area contributed by atoms with Gasteiger partial charge in [0.05, 0.1) is 6.54 Å². The monoisotopic (exact) mass is 223 g/mol. The molecule has 1 fully saturated rings. The van der Waals surface area contributed by atoms with Crippen LogP contribution in [0.1, 0.15) is 12.8 Å². The van der Waals surface area contributed by atoms with E-state index in [1.165, 1.54) is 0 Å². The molecular weight excluding hydrogens is 211 g/mol. The highest BCUT2D eigenvalue weighted by Crippen LogP contribution is 2.30. The molecule has 0 radical (unpaired) electrons. The zero-order valence-electron chi connectivity index (χ0n) is 8.05. The number of nitrogens with zero attached hydrogens (tertiary/aromatic N) is 1. The van der Waals surface area contributed by atoms with Crippen LogP contribution >= 0.6 is 0 Å². The van der Waals surface area contributed by atoms with Crippen molar-refractivity contribution in [3.8, 4) is 0 Å². The Morgan fingerprint density at radius 3 is 2.33 bits per heavy atom. The molecule has 0 amide bonds. The smallest absolute Gasteiger partial charge is 0.401 e. The highest BCUT2D eigenvalue weighted by molar-refractivity contribution is 5.86. The van der Waals surface area contributed by atoms with Crippen molar-refractivity contribution >= 4 is 5.97 Å². The van der Waals surface area contributed by atoms with E-state index in [2.05, 4.69) is 6.58 Å². The summed E-state index contributed by atoms with van der Waals surface area (Å²) in [6.45, 7) is 1.94. The number of hydrogen-bond donors (Lipinski definition) is 1. The normalized spacial score (nSPS) is 16.8. The first kappa shape index (κ1) is 12.0. The van der Waals surface area contributed by atoms with Crippen LogP contribution in [0.15, 0.2) is 12.2 Å². The number of rotatable bonds is 5. The minimum Gasteiger partial charge on any atom is -0.478 e. The molecule has 0 aromatic carbocycles. The Kier molecular flexibility index (Phi) is 3.38.